The topological polar surface area (TPSA) is 40.6 Å². The fourth-order valence-corrected chi connectivity index (χ4v) is 10.8. The molecule has 1 aliphatic rings. The van der Waals surface area contributed by atoms with Crippen LogP contribution in [0, 0.1) is 0 Å². The Morgan fingerprint density at radius 3 is 1.89 bits per heavy atom. The molecule has 0 saturated heterocycles. The first-order chi connectivity index (χ1) is 30.7. The molecule has 5 heterocycles. The van der Waals surface area contributed by atoms with Gasteiger partial charge in [-0.1, -0.05) is 116 Å². The Kier molecular flexibility index (Phi) is 7.70. The van der Waals surface area contributed by atoms with E-state index in [0.29, 0.717) is 5.92 Å². The van der Waals surface area contributed by atoms with Crippen molar-refractivity contribution >= 4 is 65.4 Å². The molecule has 13 rings (SSSR count). The molecule has 1 atom stereocenters. The summed E-state index contributed by atoms with van der Waals surface area (Å²) in [5.41, 5.74) is 17.3. The highest BCUT2D eigenvalue weighted by Crippen LogP contribution is 2.46. The van der Waals surface area contributed by atoms with Crippen LogP contribution in [0.3, 0.4) is 0 Å². The quantitative estimate of drug-likeness (QED) is 0.161. The summed E-state index contributed by atoms with van der Waals surface area (Å²) >= 11 is 0. The van der Waals surface area contributed by atoms with E-state index in [1.165, 1.54) is 87.9 Å². The number of rotatable bonds is 7. The molecule has 0 amide bonds. The lowest BCUT2D eigenvalue weighted by Gasteiger charge is -2.13. The van der Waals surface area contributed by atoms with Crippen molar-refractivity contribution in [2.75, 3.05) is 0 Å². The zero-order chi connectivity index (χ0) is 40.9. The fourth-order valence-electron chi connectivity index (χ4n) is 10.8. The van der Waals surface area contributed by atoms with Crippen LogP contribution in [0.4, 0.5) is 0 Å². The number of hydrogen-bond acceptors (Lipinski definition) is 2. The first kappa shape index (κ1) is 35.0. The average Bonchev–Trinajstić information content (AvgIpc) is 4.06. The van der Waals surface area contributed by atoms with Crippen molar-refractivity contribution in [1.82, 2.24) is 23.7 Å². The predicted octanol–water partition coefficient (Wildman–Crippen LogP) is 14.1. The lowest BCUT2D eigenvalue weighted by atomic mass is 9.92. The van der Waals surface area contributed by atoms with E-state index in [9.17, 15) is 0 Å². The summed E-state index contributed by atoms with van der Waals surface area (Å²) in [6, 6.07) is 64.5. The van der Waals surface area contributed by atoms with Gasteiger partial charge in [0.15, 0.2) is 0 Å². The lowest BCUT2D eigenvalue weighted by Crippen LogP contribution is -2.01. The van der Waals surface area contributed by atoms with E-state index in [-0.39, 0.29) is 0 Å². The molecule has 0 fully saturated rings. The van der Waals surface area contributed by atoms with Crippen LogP contribution in [0.15, 0.2) is 188 Å². The van der Waals surface area contributed by atoms with E-state index >= 15 is 0 Å². The number of para-hydroxylation sites is 4. The Bertz CT molecular complexity index is 3700. The summed E-state index contributed by atoms with van der Waals surface area (Å²) in [5.74, 6) is 1.19. The average molecular weight is 796 g/mol. The number of pyridine rings is 2. The van der Waals surface area contributed by atoms with E-state index in [1.807, 2.05) is 12.4 Å². The molecule has 1 unspecified atom stereocenters. The van der Waals surface area contributed by atoms with Crippen LogP contribution in [0.5, 0.6) is 0 Å². The molecule has 294 valence electrons. The molecule has 5 nitrogen and oxygen atoms in total. The van der Waals surface area contributed by atoms with Crippen LogP contribution >= 0.6 is 0 Å². The number of fused-ring (bicyclic) bond motifs is 12. The Balaban J connectivity index is 0.883. The Morgan fingerprint density at radius 2 is 1.10 bits per heavy atom. The number of hydrogen-bond donors (Lipinski definition) is 0. The normalized spacial score (nSPS) is 13.6. The highest BCUT2D eigenvalue weighted by atomic mass is 15.1. The maximum atomic E-state index is 5.23. The largest absolute Gasteiger partial charge is 0.309 e. The standard InChI is InChI=1S/C57H41N5/c1-2-37-13-11-19-47-42-16-5-9-22-51(42)61(57(37)47)38-26-30-54-49(34-38)44-18-7-10-23-52(44)62(54)55-31-27-39(35-59-55)60-50-21-8-6-17-43(50)48-33-36(25-29-53(48)60)24-28-46-41-15-4-3-14-40(41)45-20-12-32-58-56(45)46/h3-23,25-27,29-35,46H,2,24,28H2,1H3. The van der Waals surface area contributed by atoms with Gasteiger partial charge in [0.1, 0.15) is 5.82 Å². The molecular weight excluding hydrogens is 755 g/mol. The summed E-state index contributed by atoms with van der Waals surface area (Å²) in [5, 5.41) is 7.51. The molecule has 0 aliphatic heterocycles. The smallest absolute Gasteiger partial charge is 0.137 e. The lowest BCUT2D eigenvalue weighted by molar-refractivity contribution is 0.711. The minimum atomic E-state index is 0.301. The predicted molar refractivity (Wildman–Crippen MR) is 256 cm³/mol. The summed E-state index contributed by atoms with van der Waals surface area (Å²) in [6.07, 6.45) is 6.93. The van der Waals surface area contributed by atoms with Crippen molar-refractivity contribution in [3.63, 3.8) is 0 Å². The maximum Gasteiger partial charge on any atom is 0.137 e. The first-order valence-electron chi connectivity index (χ1n) is 21.8. The number of nitrogens with zero attached hydrogens (tertiary/aromatic N) is 5. The fraction of sp³-hybridized carbons (Fsp3) is 0.0877. The third-order valence-electron chi connectivity index (χ3n) is 13.5. The molecule has 0 bridgehead atoms. The van der Waals surface area contributed by atoms with Crippen molar-refractivity contribution in [3.05, 3.63) is 211 Å². The Labute approximate surface area is 358 Å². The molecule has 0 saturated carbocycles. The Hall–Kier alpha value is -7.76. The molecule has 5 heteroatoms. The molecule has 0 N–H and O–H groups in total. The van der Waals surface area contributed by atoms with Gasteiger partial charge < -0.3 is 9.13 Å². The van der Waals surface area contributed by atoms with E-state index < -0.39 is 0 Å². The second-order valence-corrected chi connectivity index (χ2v) is 16.8. The van der Waals surface area contributed by atoms with Crippen LogP contribution in [0.25, 0.3) is 93.7 Å². The van der Waals surface area contributed by atoms with Crippen molar-refractivity contribution in [2.24, 2.45) is 0 Å². The van der Waals surface area contributed by atoms with Crippen molar-refractivity contribution in [1.29, 1.82) is 0 Å². The van der Waals surface area contributed by atoms with Gasteiger partial charge in [-0.2, -0.15) is 0 Å². The Morgan fingerprint density at radius 1 is 0.468 bits per heavy atom. The highest BCUT2D eigenvalue weighted by molar-refractivity contribution is 6.13. The van der Waals surface area contributed by atoms with Gasteiger partial charge in [-0.25, -0.2) is 4.98 Å². The van der Waals surface area contributed by atoms with E-state index in [2.05, 4.69) is 197 Å². The molecule has 0 radical (unpaired) electrons. The summed E-state index contributed by atoms with van der Waals surface area (Å²) < 4.78 is 7.14. The van der Waals surface area contributed by atoms with Crippen molar-refractivity contribution < 1.29 is 0 Å². The monoisotopic (exact) mass is 795 g/mol. The molecule has 62 heavy (non-hydrogen) atoms. The third-order valence-corrected chi connectivity index (χ3v) is 13.5. The second kappa shape index (κ2) is 13.6. The summed E-state index contributed by atoms with van der Waals surface area (Å²) in [6.45, 7) is 2.25. The van der Waals surface area contributed by atoms with Gasteiger partial charge in [0.05, 0.1) is 50.7 Å². The van der Waals surface area contributed by atoms with Crippen LogP contribution in [0.2, 0.25) is 0 Å². The van der Waals surface area contributed by atoms with E-state index in [4.69, 9.17) is 9.97 Å². The van der Waals surface area contributed by atoms with E-state index in [1.54, 1.807) is 0 Å². The SMILES string of the molecule is CCc1cccc2c3ccccc3n(-c3ccc4c(c3)c3ccccc3n4-c3ccc(-n4c5ccccc5c5cc(CCC6c7ccccc7-c7cccnc76)ccc54)cn3)c12. The van der Waals surface area contributed by atoms with E-state index in [0.717, 1.165) is 47.5 Å². The van der Waals surface area contributed by atoms with Gasteiger partial charge in [-0.15, -0.1) is 0 Å². The minimum absolute atomic E-state index is 0.301. The van der Waals surface area contributed by atoms with Crippen LogP contribution in [-0.4, -0.2) is 23.7 Å². The molecule has 1 aliphatic carbocycles. The molecular formula is C57H41N5. The van der Waals surface area contributed by atoms with Crippen LogP contribution in [0.1, 0.15) is 41.6 Å². The zero-order valence-electron chi connectivity index (χ0n) is 34.3. The molecule has 5 aromatic heterocycles. The van der Waals surface area contributed by atoms with Gasteiger partial charge in [0.25, 0.3) is 0 Å². The van der Waals surface area contributed by atoms with Crippen molar-refractivity contribution in [3.8, 4) is 28.3 Å². The first-order valence-corrected chi connectivity index (χ1v) is 21.8. The summed E-state index contributed by atoms with van der Waals surface area (Å²) in [7, 11) is 0. The van der Waals surface area contributed by atoms with Gasteiger partial charge >= 0.3 is 0 Å². The van der Waals surface area contributed by atoms with Gasteiger partial charge in [0, 0.05) is 55.7 Å². The molecule has 12 aromatic rings. The number of aryl methyl sites for hydroxylation is 2. The van der Waals surface area contributed by atoms with Gasteiger partial charge in [-0.05, 0) is 108 Å². The second-order valence-electron chi connectivity index (χ2n) is 16.8. The van der Waals surface area contributed by atoms with Gasteiger partial charge in [-0.3, -0.25) is 9.55 Å². The van der Waals surface area contributed by atoms with Crippen molar-refractivity contribution in [2.45, 2.75) is 32.1 Å². The molecule has 0 spiro atoms. The van der Waals surface area contributed by atoms with Crippen LogP contribution < -0.4 is 0 Å². The van der Waals surface area contributed by atoms with Gasteiger partial charge in [0.2, 0.25) is 0 Å². The third kappa shape index (κ3) is 5.08. The maximum absolute atomic E-state index is 5.23. The number of aromatic nitrogens is 5. The zero-order valence-corrected chi connectivity index (χ0v) is 34.3. The highest BCUT2D eigenvalue weighted by Gasteiger charge is 2.29. The minimum Gasteiger partial charge on any atom is -0.309 e. The number of benzene rings is 7. The summed E-state index contributed by atoms with van der Waals surface area (Å²) in [4.78, 5) is 10.1. The van der Waals surface area contributed by atoms with Crippen LogP contribution in [-0.2, 0) is 12.8 Å². The molecule has 7 aromatic carbocycles.